The highest BCUT2D eigenvalue weighted by Crippen LogP contribution is 2.28. The summed E-state index contributed by atoms with van der Waals surface area (Å²) in [4.78, 5) is 4.34. The maximum absolute atomic E-state index is 7.80. The highest BCUT2D eigenvalue weighted by atomic mass is 16.5. The summed E-state index contributed by atoms with van der Waals surface area (Å²) in [6.45, 7) is -0.630. The van der Waals surface area contributed by atoms with Gasteiger partial charge in [-0.15, -0.1) is 0 Å². The van der Waals surface area contributed by atoms with Gasteiger partial charge in [0, 0.05) is 29.2 Å². The third kappa shape index (κ3) is 3.35. The highest BCUT2D eigenvalue weighted by molar-refractivity contribution is 5.91. The van der Waals surface area contributed by atoms with E-state index >= 15 is 0 Å². The fraction of sp³-hybridized carbons (Fsp3) is 0.400. The number of aromatic nitrogens is 1. The largest absolute Gasteiger partial charge is 0.497 e. The van der Waals surface area contributed by atoms with Crippen molar-refractivity contribution >= 4 is 16.6 Å². The maximum Gasteiger partial charge on any atom is 0.121 e. The van der Waals surface area contributed by atoms with Crippen molar-refractivity contribution in [2.24, 2.45) is 5.73 Å². The molecule has 1 aromatic carbocycles. The Labute approximate surface area is 119 Å². The van der Waals surface area contributed by atoms with Crippen LogP contribution in [0.5, 0.6) is 5.75 Å². The van der Waals surface area contributed by atoms with Gasteiger partial charge in [0.15, 0.2) is 0 Å². The van der Waals surface area contributed by atoms with Gasteiger partial charge in [-0.3, -0.25) is 4.98 Å². The van der Waals surface area contributed by atoms with Crippen molar-refractivity contribution in [1.82, 2.24) is 4.98 Å². The number of fused-ring (bicyclic) bond motifs is 1. The molecule has 0 saturated heterocycles. The molecular formula is C15H21N3O. The number of nitrogens with one attached hydrogen (secondary N) is 1. The van der Waals surface area contributed by atoms with Crippen LogP contribution in [0.15, 0.2) is 30.5 Å². The van der Waals surface area contributed by atoms with Crippen LogP contribution in [0, 0.1) is 0 Å². The van der Waals surface area contributed by atoms with Gasteiger partial charge in [0.25, 0.3) is 0 Å². The minimum atomic E-state index is -2.41. The molecule has 3 N–H and O–H groups in total. The molecule has 2 rings (SSSR count). The predicted octanol–water partition coefficient (Wildman–Crippen LogP) is 2.78. The van der Waals surface area contributed by atoms with E-state index in [1.807, 2.05) is 18.2 Å². The van der Waals surface area contributed by atoms with Gasteiger partial charge in [0.1, 0.15) is 5.75 Å². The van der Waals surface area contributed by atoms with E-state index in [0.717, 1.165) is 10.9 Å². The number of benzene rings is 1. The van der Waals surface area contributed by atoms with E-state index in [-0.39, 0.29) is 12.5 Å². The molecule has 0 aliphatic rings. The first-order chi connectivity index (χ1) is 10.6. The zero-order valence-corrected chi connectivity index (χ0v) is 11.1. The summed E-state index contributed by atoms with van der Waals surface area (Å²) in [5.74, 6) is 0.664. The fourth-order valence-corrected chi connectivity index (χ4v) is 1.92. The minimum Gasteiger partial charge on any atom is -0.497 e. The number of methoxy groups -OCH3 is 1. The summed E-state index contributed by atoms with van der Waals surface area (Å²) in [6.07, 6.45) is -0.550. The van der Waals surface area contributed by atoms with E-state index in [2.05, 4.69) is 10.3 Å². The van der Waals surface area contributed by atoms with Crippen LogP contribution in [-0.2, 0) is 0 Å². The molecule has 0 saturated carbocycles. The summed E-state index contributed by atoms with van der Waals surface area (Å²) in [6, 6.07) is 7.06. The Morgan fingerprint density at radius 2 is 2.37 bits per heavy atom. The van der Waals surface area contributed by atoms with Crippen LogP contribution in [0.2, 0.25) is 0 Å². The van der Waals surface area contributed by atoms with Crippen molar-refractivity contribution in [3.8, 4) is 5.75 Å². The molecule has 1 atom stereocenters. The van der Waals surface area contributed by atoms with Crippen molar-refractivity contribution < 1.29 is 10.2 Å². The van der Waals surface area contributed by atoms with E-state index in [1.165, 1.54) is 0 Å². The molecule has 1 unspecified atom stereocenters. The van der Waals surface area contributed by atoms with E-state index in [1.54, 1.807) is 26.3 Å². The van der Waals surface area contributed by atoms with Crippen LogP contribution in [0.25, 0.3) is 10.9 Å². The molecule has 0 spiro atoms. The van der Waals surface area contributed by atoms with Crippen molar-refractivity contribution in [3.05, 3.63) is 30.5 Å². The van der Waals surface area contributed by atoms with Crippen LogP contribution in [0.4, 0.5) is 5.69 Å². The van der Waals surface area contributed by atoms with Crippen molar-refractivity contribution in [1.29, 1.82) is 0 Å². The molecule has 19 heavy (non-hydrogen) atoms. The SMILES string of the molecule is [2H]C([2H])(N)C([2H])([2H])CC(C)Nc1cc(OC)cc2cccnc12. The maximum atomic E-state index is 7.80. The van der Waals surface area contributed by atoms with Gasteiger partial charge in [0.05, 0.1) is 18.3 Å². The molecular weight excluding hydrogens is 238 g/mol. The molecule has 0 fully saturated rings. The zero-order chi connectivity index (χ0) is 17.3. The first kappa shape index (κ1) is 9.15. The average molecular weight is 263 g/mol. The van der Waals surface area contributed by atoms with E-state index in [9.17, 15) is 0 Å². The summed E-state index contributed by atoms with van der Waals surface area (Å²) in [5.41, 5.74) is 6.75. The fourth-order valence-electron chi connectivity index (χ4n) is 1.92. The van der Waals surface area contributed by atoms with Crippen molar-refractivity contribution in [2.75, 3.05) is 18.9 Å². The van der Waals surface area contributed by atoms with Gasteiger partial charge < -0.3 is 15.8 Å². The zero-order valence-electron chi connectivity index (χ0n) is 15.1. The van der Waals surface area contributed by atoms with Crippen molar-refractivity contribution in [3.63, 3.8) is 0 Å². The minimum absolute atomic E-state index is 0.0813. The molecule has 0 aliphatic carbocycles. The topological polar surface area (TPSA) is 60.2 Å². The van der Waals surface area contributed by atoms with E-state index in [4.69, 9.17) is 16.0 Å². The first-order valence-corrected chi connectivity index (χ1v) is 6.12. The first-order valence-electron chi connectivity index (χ1n) is 8.12. The molecule has 0 bridgehead atoms. The number of nitrogens with zero attached hydrogens (tertiary/aromatic N) is 1. The predicted molar refractivity (Wildman–Crippen MR) is 79.7 cm³/mol. The Morgan fingerprint density at radius 3 is 3.11 bits per heavy atom. The van der Waals surface area contributed by atoms with Crippen molar-refractivity contribution in [2.45, 2.75) is 25.8 Å². The number of anilines is 1. The molecule has 1 aromatic heterocycles. The van der Waals surface area contributed by atoms with E-state index in [0.29, 0.717) is 11.4 Å². The summed E-state index contributed by atoms with van der Waals surface area (Å²) in [7, 11) is 1.58. The molecule has 0 aliphatic heterocycles. The van der Waals surface area contributed by atoms with Gasteiger partial charge in [-0.05, 0) is 38.3 Å². The third-order valence-corrected chi connectivity index (χ3v) is 2.83. The standard InChI is InChI=1S/C15H21N3O/c1-11(5-3-7-16)18-14-10-13(19-2)9-12-6-4-8-17-15(12)14/h4,6,8-11,18H,3,5,7,16H2,1-2H3/i3D2,7D2. The molecule has 0 radical (unpaired) electrons. The Bertz CT molecular complexity index is 688. The second kappa shape index (κ2) is 6.38. The molecule has 2 aromatic rings. The second-order valence-corrected chi connectivity index (χ2v) is 4.32. The summed E-state index contributed by atoms with van der Waals surface area (Å²) >= 11 is 0. The van der Waals surface area contributed by atoms with Gasteiger partial charge >= 0.3 is 0 Å². The summed E-state index contributed by atoms with van der Waals surface area (Å²) in [5, 5.41) is 4.08. The lowest BCUT2D eigenvalue weighted by Gasteiger charge is -2.17. The normalized spacial score (nSPS) is 17.0. The number of ether oxygens (including phenoxy) is 1. The monoisotopic (exact) mass is 263 g/mol. The Balaban J connectivity index is 2.27. The number of rotatable bonds is 6. The highest BCUT2D eigenvalue weighted by Gasteiger charge is 2.08. The Hall–Kier alpha value is -1.81. The lowest BCUT2D eigenvalue weighted by Crippen LogP contribution is -2.17. The number of hydrogen-bond acceptors (Lipinski definition) is 4. The van der Waals surface area contributed by atoms with Crippen LogP contribution in [0.1, 0.15) is 25.2 Å². The molecule has 102 valence electrons. The summed E-state index contributed by atoms with van der Waals surface area (Å²) < 4.78 is 35.7. The number of hydrogen-bond donors (Lipinski definition) is 2. The second-order valence-electron chi connectivity index (χ2n) is 4.32. The van der Waals surface area contributed by atoms with Gasteiger partial charge in [-0.25, -0.2) is 0 Å². The van der Waals surface area contributed by atoms with Crippen LogP contribution < -0.4 is 15.8 Å². The van der Waals surface area contributed by atoms with E-state index < -0.39 is 12.9 Å². The van der Waals surface area contributed by atoms with Gasteiger partial charge in [-0.2, -0.15) is 0 Å². The van der Waals surface area contributed by atoms with Gasteiger partial charge in [0.2, 0.25) is 0 Å². The molecule has 4 heteroatoms. The lowest BCUT2D eigenvalue weighted by atomic mass is 10.1. The average Bonchev–Trinajstić information content (AvgIpc) is 2.45. The smallest absolute Gasteiger partial charge is 0.121 e. The van der Waals surface area contributed by atoms with Gasteiger partial charge in [-0.1, -0.05) is 6.07 Å². The van der Waals surface area contributed by atoms with Crippen LogP contribution in [-0.4, -0.2) is 24.6 Å². The third-order valence-electron chi connectivity index (χ3n) is 2.83. The van der Waals surface area contributed by atoms with Crippen LogP contribution >= 0.6 is 0 Å². The Kier molecular flexibility index (Phi) is 3.07. The Morgan fingerprint density at radius 1 is 1.53 bits per heavy atom. The van der Waals surface area contributed by atoms with Crippen LogP contribution in [0.3, 0.4) is 0 Å². The lowest BCUT2D eigenvalue weighted by molar-refractivity contribution is 0.415. The molecule has 1 heterocycles. The number of nitrogens with two attached hydrogens (primary N) is 1. The quantitative estimate of drug-likeness (QED) is 0.841. The number of pyridine rings is 1. The molecule has 4 nitrogen and oxygen atoms in total. The molecule has 0 amide bonds.